The van der Waals surface area contributed by atoms with Crippen LogP contribution in [0, 0.1) is 5.82 Å². The fourth-order valence-electron chi connectivity index (χ4n) is 2.53. The van der Waals surface area contributed by atoms with Crippen molar-refractivity contribution in [2.75, 3.05) is 54.9 Å². The van der Waals surface area contributed by atoms with Crippen LogP contribution < -0.4 is 14.5 Å². The van der Waals surface area contributed by atoms with E-state index in [-0.39, 0.29) is 10.6 Å². The van der Waals surface area contributed by atoms with Crippen LogP contribution in [0.3, 0.4) is 0 Å². The quantitative estimate of drug-likeness (QED) is 0.836. The van der Waals surface area contributed by atoms with Crippen molar-refractivity contribution in [3.8, 4) is 0 Å². The van der Waals surface area contributed by atoms with E-state index in [1.807, 2.05) is 4.90 Å². The van der Waals surface area contributed by atoms with Crippen LogP contribution in [0.1, 0.15) is 0 Å². The molecule has 1 N–H and O–H groups in total. The van der Waals surface area contributed by atoms with Crippen LogP contribution >= 0.6 is 0 Å². The number of nitrogens with zero attached hydrogens (tertiary/aromatic N) is 4. The molecule has 0 aliphatic carbocycles. The normalized spacial score (nSPS) is 15.0. The Labute approximate surface area is 151 Å². The highest BCUT2D eigenvalue weighted by atomic mass is 32.2. The molecule has 0 radical (unpaired) electrons. The van der Waals surface area contributed by atoms with E-state index in [0.29, 0.717) is 38.1 Å². The Bertz CT molecular complexity index is 885. The summed E-state index contributed by atoms with van der Waals surface area (Å²) in [4.78, 5) is 12.2. The Morgan fingerprint density at radius 3 is 2.65 bits per heavy atom. The topological polar surface area (TPSA) is 87.7 Å². The lowest BCUT2D eigenvalue weighted by molar-refractivity contribution is 0.122. The molecular formula is C16H20FN5O3S. The molecule has 1 aromatic carbocycles. The summed E-state index contributed by atoms with van der Waals surface area (Å²) in [5, 5.41) is 0. The Hall–Kier alpha value is -2.46. The first-order valence-electron chi connectivity index (χ1n) is 8.02. The van der Waals surface area contributed by atoms with Gasteiger partial charge in [0.1, 0.15) is 11.5 Å². The predicted octanol–water partition coefficient (Wildman–Crippen LogP) is 1.32. The number of morpholine rings is 1. The Balaban J connectivity index is 1.91. The standard InChI is InChI=1S/C16H20FN5O3S/c1-21(2)15-14(11-18-16(19-15)22-6-8-25-9-7-22)20-26(23,24)13-5-3-4-12(17)10-13/h3-5,10-11,20H,6-9H2,1-2H3. The van der Waals surface area contributed by atoms with Gasteiger partial charge in [0.25, 0.3) is 10.0 Å². The monoisotopic (exact) mass is 381 g/mol. The minimum atomic E-state index is -3.96. The van der Waals surface area contributed by atoms with Crippen molar-refractivity contribution >= 4 is 27.5 Å². The smallest absolute Gasteiger partial charge is 0.262 e. The third-order valence-electron chi connectivity index (χ3n) is 3.82. The molecule has 1 aromatic heterocycles. The second-order valence-electron chi connectivity index (χ2n) is 5.96. The van der Waals surface area contributed by atoms with Gasteiger partial charge < -0.3 is 14.5 Å². The maximum Gasteiger partial charge on any atom is 0.262 e. The molecule has 0 bridgehead atoms. The lowest BCUT2D eigenvalue weighted by atomic mass is 10.4. The second-order valence-corrected chi connectivity index (χ2v) is 7.65. The van der Waals surface area contributed by atoms with Gasteiger partial charge in [-0.05, 0) is 18.2 Å². The van der Waals surface area contributed by atoms with E-state index >= 15 is 0 Å². The molecule has 3 rings (SSSR count). The molecule has 140 valence electrons. The Morgan fingerprint density at radius 2 is 2.00 bits per heavy atom. The van der Waals surface area contributed by atoms with Gasteiger partial charge in [-0.3, -0.25) is 4.72 Å². The van der Waals surface area contributed by atoms with Crippen molar-refractivity contribution in [2.24, 2.45) is 0 Å². The average molecular weight is 381 g/mol. The average Bonchev–Trinajstić information content (AvgIpc) is 2.62. The summed E-state index contributed by atoms with van der Waals surface area (Å²) in [6, 6.07) is 4.81. The highest BCUT2D eigenvalue weighted by Gasteiger charge is 2.21. The molecule has 1 saturated heterocycles. The molecule has 0 spiro atoms. The molecule has 0 saturated carbocycles. The zero-order valence-electron chi connectivity index (χ0n) is 14.5. The lowest BCUT2D eigenvalue weighted by Crippen LogP contribution is -2.37. The van der Waals surface area contributed by atoms with E-state index in [1.165, 1.54) is 24.4 Å². The van der Waals surface area contributed by atoms with Gasteiger partial charge in [-0.1, -0.05) is 6.07 Å². The fourth-order valence-corrected chi connectivity index (χ4v) is 3.61. The molecule has 26 heavy (non-hydrogen) atoms. The summed E-state index contributed by atoms with van der Waals surface area (Å²) in [5.41, 5.74) is 0.219. The number of nitrogens with one attached hydrogen (secondary N) is 1. The van der Waals surface area contributed by atoms with Crippen LogP contribution in [-0.4, -0.2) is 58.8 Å². The van der Waals surface area contributed by atoms with E-state index in [0.717, 1.165) is 6.07 Å². The largest absolute Gasteiger partial charge is 0.378 e. The highest BCUT2D eigenvalue weighted by Crippen LogP contribution is 2.26. The van der Waals surface area contributed by atoms with Crippen LogP contribution in [0.2, 0.25) is 0 Å². The molecule has 2 heterocycles. The van der Waals surface area contributed by atoms with Crippen LogP contribution in [0.25, 0.3) is 0 Å². The van der Waals surface area contributed by atoms with Crippen LogP contribution in [-0.2, 0) is 14.8 Å². The first kappa shape index (κ1) is 18.3. The number of sulfonamides is 1. The number of ether oxygens (including phenoxy) is 1. The van der Waals surface area contributed by atoms with Crippen molar-refractivity contribution in [1.82, 2.24) is 9.97 Å². The highest BCUT2D eigenvalue weighted by molar-refractivity contribution is 7.92. The van der Waals surface area contributed by atoms with Gasteiger partial charge >= 0.3 is 0 Å². The summed E-state index contributed by atoms with van der Waals surface area (Å²) in [7, 11) is -0.449. The van der Waals surface area contributed by atoms with Crippen LogP contribution in [0.4, 0.5) is 21.8 Å². The maximum atomic E-state index is 13.4. The van der Waals surface area contributed by atoms with E-state index in [2.05, 4.69) is 14.7 Å². The van der Waals surface area contributed by atoms with Crippen LogP contribution in [0.5, 0.6) is 0 Å². The number of hydrogen-bond donors (Lipinski definition) is 1. The second kappa shape index (κ2) is 7.42. The molecule has 1 fully saturated rings. The SMILES string of the molecule is CN(C)c1nc(N2CCOCC2)ncc1NS(=O)(=O)c1cccc(F)c1. The molecule has 0 atom stereocenters. The van der Waals surface area contributed by atoms with Crippen molar-refractivity contribution in [3.05, 3.63) is 36.3 Å². The van der Waals surface area contributed by atoms with Gasteiger partial charge in [0.15, 0.2) is 5.82 Å². The number of benzene rings is 1. The number of rotatable bonds is 5. The van der Waals surface area contributed by atoms with Gasteiger partial charge in [0, 0.05) is 27.2 Å². The van der Waals surface area contributed by atoms with Crippen LogP contribution in [0.15, 0.2) is 35.4 Å². The van der Waals surface area contributed by atoms with Crippen molar-refractivity contribution in [3.63, 3.8) is 0 Å². The van der Waals surface area contributed by atoms with Gasteiger partial charge in [-0.2, -0.15) is 4.98 Å². The number of aromatic nitrogens is 2. The van der Waals surface area contributed by atoms with Gasteiger partial charge in [0.05, 0.1) is 24.3 Å². The number of anilines is 3. The predicted molar refractivity (Wildman–Crippen MR) is 96.6 cm³/mol. The molecule has 8 nitrogen and oxygen atoms in total. The molecule has 1 aliphatic heterocycles. The molecular weight excluding hydrogens is 361 g/mol. The minimum absolute atomic E-state index is 0.167. The molecule has 2 aromatic rings. The lowest BCUT2D eigenvalue weighted by Gasteiger charge is -2.28. The molecule has 0 unspecified atom stereocenters. The Kier molecular flexibility index (Phi) is 5.23. The zero-order chi connectivity index (χ0) is 18.7. The summed E-state index contributed by atoms with van der Waals surface area (Å²) >= 11 is 0. The summed E-state index contributed by atoms with van der Waals surface area (Å²) in [6.45, 7) is 2.52. The first-order chi connectivity index (χ1) is 12.4. The van der Waals surface area contributed by atoms with Gasteiger partial charge in [0.2, 0.25) is 5.95 Å². The summed E-state index contributed by atoms with van der Waals surface area (Å²) in [6.07, 6.45) is 1.42. The molecule has 1 aliphatic rings. The van der Waals surface area contributed by atoms with Crippen molar-refractivity contribution < 1.29 is 17.5 Å². The van der Waals surface area contributed by atoms with E-state index in [4.69, 9.17) is 4.74 Å². The summed E-state index contributed by atoms with van der Waals surface area (Å²) < 4.78 is 46.2. The van der Waals surface area contributed by atoms with Crippen molar-refractivity contribution in [2.45, 2.75) is 4.90 Å². The minimum Gasteiger partial charge on any atom is -0.378 e. The Morgan fingerprint density at radius 1 is 1.27 bits per heavy atom. The fraction of sp³-hybridized carbons (Fsp3) is 0.375. The number of halogens is 1. The zero-order valence-corrected chi connectivity index (χ0v) is 15.3. The molecule has 10 heteroatoms. The first-order valence-corrected chi connectivity index (χ1v) is 9.50. The van der Waals surface area contributed by atoms with E-state index in [1.54, 1.807) is 19.0 Å². The molecule has 0 amide bonds. The maximum absolute atomic E-state index is 13.4. The van der Waals surface area contributed by atoms with E-state index < -0.39 is 15.8 Å². The number of hydrogen-bond acceptors (Lipinski definition) is 7. The van der Waals surface area contributed by atoms with Crippen molar-refractivity contribution in [1.29, 1.82) is 0 Å². The summed E-state index contributed by atoms with van der Waals surface area (Å²) in [5.74, 6) is 0.298. The van der Waals surface area contributed by atoms with Gasteiger partial charge in [-0.25, -0.2) is 17.8 Å². The third-order valence-corrected chi connectivity index (χ3v) is 5.19. The van der Waals surface area contributed by atoms with Gasteiger partial charge in [-0.15, -0.1) is 0 Å². The van der Waals surface area contributed by atoms with E-state index in [9.17, 15) is 12.8 Å². The third kappa shape index (κ3) is 4.02.